The quantitative estimate of drug-likeness (QED) is 0.887. The number of benzene rings is 2. The van der Waals surface area contributed by atoms with Gasteiger partial charge in [-0.3, -0.25) is 0 Å². The van der Waals surface area contributed by atoms with Gasteiger partial charge in [0.05, 0.1) is 0 Å². The molecule has 0 amide bonds. The van der Waals surface area contributed by atoms with Crippen molar-refractivity contribution in [3.05, 3.63) is 59.9 Å². The second-order valence-corrected chi connectivity index (χ2v) is 4.48. The van der Waals surface area contributed by atoms with Gasteiger partial charge in [0.25, 0.3) is 0 Å². The number of halogens is 1. The zero-order chi connectivity index (χ0) is 15.2. The summed E-state index contributed by atoms with van der Waals surface area (Å²) in [5.74, 6) is -0.262. The molecule has 0 bridgehead atoms. The standard InChI is InChI=1S/C16H15FO4/c1-11(16(18)19)21-15-6-2-12(3-7-15)10-20-14-8-4-13(17)5-9-14/h2-9,11H,10H2,1H3,(H,18,19). The maximum atomic E-state index is 12.7. The molecule has 0 aromatic heterocycles. The van der Waals surface area contributed by atoms with E-state index in [1.54, 1.807) is 36.4 Å². The van der Waals surface area contributed by atoms with Crippen LogP contribution in [0.4, 0.5) is 4.39 Å². The maximum absolute atomic E-state index is 12.7. The lowest BCUT2D eigenvalue weighted by Crippen LogP contribution is -2.22. The van der Waals surface area contributed by atoms with Gasteiger partial charge < -0.3 is 14.6 Å². The smallest absolute Gasteiger partial charge is 0.344 e. The Hall–Kier alpha value is -2.56. The van der Waals surface area contributed by atoms with Gasteiger partial charge in [0.2, 0.25) is 0 Å². The Bertz CT molecular complexity index is 593. The third kappa shape index (κ3) is 4.49. The van der Waals surface area contributed by atoms with Crippen molar-refractivity contribution in [2.45, 2.75) is 19.6 Å². The molecule has 0 aliphatic heterocycles. The van der Waals surface area contributed by atoms with Crippen LogP contribution in [0.25, 0.3) is 0 Å². The minimum Gasteiger partial charge on any atom is -0.489 e. The molecule has 2 rings (SSSR count). The topological polar surface area (TPSA) is 55.8 Å². The van der Waals surface area contributed by atoms with Crippen LogP contribution < -0.4 is 9.47 Å². The van der Waals surface area contributed by atoms with Crippen LogP contribution in [-0.2, 0) is 11.4 Å². The molecule has 5 heteroatoms. The zero-order valence-electron chi connectivity index (χ0n) is 11.5. The molecule has 0 aliphatic rings. The molecule has 21 heavy (non-hydrogen) atoms. The molecule has 0 radical (unpaired) electrons. The average molecular weight is 290 g/mol. The number of ether oxygens (including phenoxy) is 2. The highest BCUT2D eigenvalue weighted by Crippen LogP contribution is 2.17. The molecule has 0 saturated heterocycles. The van der Waals surface area contributed by atoms with Crippen LogP contribution in [0.15, 0.2) is 48.5 Å². The van der Waals surface area contributed by atoms with Crippen LogP contribution in [0.2, 0.25) is 0 Å². The van der Waals surface area contributed by atoms with Crippen LogP contribution in [0.3, 0.4) is 0 Å². The Labute approximate surface area is 121 Å². The first-order chi connectivity index (χ1) is 10.0. The predicted molar refractivity (Wildman–Crippen MR) is 74.9 cm³/mol. The summed E-state index contributed by atoms with van der Waals surface area (Å²) in [6.07, 6.45) is -0.897. The maximum Gasteiger partial charge on any atom is 0.344 e. The first kappa shape index (κ1) is 14.8. The summed E-state index contributed by atoms with van der Waals surface area (Å²) in [5, 5.41) is 8.76. The molecule has 1 N–H and O–H groups in total. The normalized spacial score (nSPS) is 11.7. The second-order valence-electron chi connectivity index (χ2n) is 4.48. The van der Waals surface area contributed by atoms with Gasteiger partial charge in [-0.15, -0.1) is 0 Å². The van der Waals surface area contributed by atoms with Gasteiger partial charge in [-0.05, 0) is 48.9 Å². The zero-order valence-corrected chi connectivity index (χ0v) is 11.5. The largest absolute Gasteiger partial charge is 0.489 e. The van der Waals surface area contributed by atoms with Crippen LogP contribution in [0.1, 0.15) is 12.5 Å². The first-order valence-electron chi connectivity index (χ1n) is 6.41. The summed E-state index contributed by atoms with van der Waals surface area (Å²) >= 11 is 0. The Kier molecular flexibility index (Phi) is 4.77. The van der Waals surface area contributed by atoms with E-state index >= 15 is 0 Å². The van der Waals surface area contributed by atoms with Gasteiger partial charge in [-0.1, -0.05) is 12.1 Å². The minimum absolute atomic E-state index is 0.309. The fourth-order valence-electron chi connectivity index (χ4n) is 1.62. The Morgan fingerprint density at radius 1 is 1.10 bits per heavy atom. The lowest BCUT2D eigenvalue weighted by Gasteiger charge is -2.11. The third-order valence-corrected chi connectivity index (χ3v) is 2.80. The highest BCUT2D eigenvalue weighted by Gasteiger charge is 2.11. The number of carboxylic acid groups (broad SMARTS) is 1. The van der Waals surface area contributed by atoms with Crippen LogP contribution in [0.5, 0.6) is 11.5 Å². The summed E-state index contributed by atoms with van der Waals surface area (Å²) in [6, 6.07) is 12.7. The molecular formula is C16H15FO4. The van der Waals surface area contributed by atoms with E-state index in [1.165, 1.54) is 19.1 Å². The van der Waals surface area contributed by atoms with E-state index in [0.29, 0.717) is 18.1 Å². The summed E-state index contributed by atoms with van der Waals surface area (Å²) in [7, 11) is 0. The Morgan fingerprint density at radius 2 is 1.67 bits per heavy atom. The van der Waals surface area contributed by atoms with E-state index in [2.05, 4.69) is 0 Å². The summed E-state index contributed by atoms with van der Waals surface area (Å²) in [5.41, 5.74) is 0.898. The molecule has 2 aromatic carbocycles. The molecule has 110 valence electrons. The molecule has 0 fully saturated rings. The van der Waals surface area contributed by atoms with E-state index in [1.807, 2.05) is 0 Å². The van der Waals surface area contributed by atoms with E-state index in [4.69, 9.17) is 14.6 Å². The van der Waals surface area contributed by atoms with Crippen LogP contribution in [-0.4, -0.2) is 17.2 Å². The van der Waals surface area contributed by atoms with Crippen molar-refractivity contribution in [3.8, 4) is 11.5 Å². The Balaban J connectivity index is 1.90. The van der Waals surface area contributed by atoms with E-state index in [-0.39, 0.29) is 5.82 Å². The lowest BCUT2D eigenvalue weighted by atomic mass is 10.2. The highest BCUT2D eigenvalue weighted by molar-refractivity contribution is 5.72. The number of carbonyl (C=O) groups is 1. The van der Waals surface area contributed by atoms with Crippen molar-refractivity contribution >= 4 is 5.97 Å². The van der Waals surface area contributed by atoms with Crippen molar-refractivity contribution < 1.29 is 23.8 Å². The molecule has 4 nitrogen and oxygen atoms in total. The molecule has 1 unspecified atom stereocenters. The van der Waals surface area contributed by atoms with E-state index < -0.39 is 12.1 Å². The van der Waals surface area contributed by atoms with Crippen LogP contribution in [0, 0.1) is 5.82 Å². The molecule has 0 heterocycles. The van der Waals surface area contributed by atoms with Crippen molar-refractivity contribution in [2.75, 3.05) is 0 Å². The highest BCUT2D eigenvalue weighted by atomic mass is 19.1. The average Bonchev–Trinajstić information content (AvgIpc) is 2.48. The monoisotopic (exact) mass is 290 g/mol. The first-order valence-corrected chi connectivity index (χ1v) is 6.41. The number of hydrogen-bond donors (Lipinski definition) is 1. The fraction of sp³-hybridized carbons (Fsp3) is 0.188. The predicted octanol–water partition coefficient (Wildman–Crippen LogP) is 3.26. The van der Waals surface area contributed by atoms with Crippen molar-refractivity contribution in [1.82, 2.24) is 0 Å². The number of hydrogen-bond acceptors (Lipinski definition) is 3. The fourth-order valence-corrected chi connectivity index (χ4v) is 1.62. The summed E-state index contributed by atoms with van der Waals surface area (Å²) in [4.78, 5) is 10.7. The molecule has 0 aliphatic carbocycles. The van der Waals surface area contributed by atoms with Crippen LogP contribution >= 0.6 is 0 Å². The Morgan fingerprint density at radius 3 is 2.24 bits per heavy atom. The van der Waals surface area contributed by atoms with Crippen molar-refractivity contribution in [3.63, 3.8) is 0 Å². The molecular weight excluding hydrogens is 275 g/mol. The van der Waals surface area contributed by atoms with Gasteiger partial charge in [0, 0.05) is 0 Å². The lowest BCUT2D eigenvalue weighted by molar-refractivity contribution is -0.144. The number of carboxylic acids is 1. The molecule has 1 atom stereocenters. The molecule has 0 saturated carbocycles. The summed E-state index contributed by atoms with van der Waals surface area (Å²) in [6.45, 7) is 1.80. The number of rotatable bonds is 6. The second kappa shape index (κ2) is 6.74. The molecule has 0 spiro atoms. The van der Waals surface area contributed by atoms with Gasteiger partial charge in [-0.2, -0.15) is 0 Å². The summed E-state index contributed by atoms with van der Waals surface area (Å²) < 4.78 is 23.5. The number of aliphatic carboxylic acids is 1. The van der Waals surface area contributed by atoms with Gasteiger partial charge >= 0.3 is 5.97 Å². The van der Waals surface area contributed by atoms with Gasteiger partial charge in [0.1, 0.15) is 23.9 Å². The SMILES string of the molecule is CC(Oc1ccc(COc2ccc(F)cc2)cc1)C(=O)O. The van der Waals surface area contributed by atoms with Gasteiger partial charge in [-0.25, -0.2) is 9.18 Å². The molecule has 2 aromatic rings. The van der Waals surface area contributed by atoms with Gasteiger partial charge in [0.15, 0.2) is 6.10 Å². The third-order valence-electron chi connectivity index (χ3n) is 2.80. The van der Waals surface area contributed by atoms with E-state index in [0.717, 1.165) is 5.56 Å². The van der Waals surface area contributed by atoms with E-state index in [9.17, 15) is 9.18 Å². The minimum atomic E-state index is -1.02. The van der Waals surface area contributed by atoms with Crippen molar-refractivity contribution in [2.24, 2.45) is 0 Å². The van der Waals surface area contributed by atoms with Crippen molar-refractivity contribution in [1.29, 1.82) is 0 Å².